The summed E-state index contributed by atoms with van der Waals surface area (Å²) < 4.78 is 18.0. The minimum atomic E-state index is -0.923. The van der Waals surface area contributed by atoms with Crippen molar-refractivity contribution in [2.75, 3.05) is 24.6 Å². The van der Waals surface area contributed by atoms with Crippen LogP contribution in [0.2, 0.25) is 0 Å². The van der Waals surface area contributed by atoms with Crippen LogP contribution in [-0.4, -0.2) is 48.3 Å². The number of anilines is 1. The molecule has 1 fully saturated rings. The Labute approximate surface area is 235 Å². The number of nitrogens with zero attached hydrogens (tertiary/aromatic N) is 3. The van der Waals surface area contributed by atoms with Crippen LogP contribution < -0.4 is 4.90 Å². The van der Waals surface area contributed by atoms with Gasteiger partial charge in [-0.05, 0) is 71.8 Å². The van der Waals surface area contributed by atoms with Crippen LogP contribution in [0.3, 0.4) is 0 Å². The normalized spacial score (nSPS) is 19.7. The number of aryl methyl sites for hydroxylation is 1. The molecule has 7 heteroatoms. The topological polar surface area (TPSA) is 73.3 Å². The first-order valence-electron chi connectivity index (χ1n) is 14.2. The molecule has 1 saturated heterocycles. The van der Waals surface area contributed by atoms with Crippen molar-refractivity contribution in [3.8, 4) is 12.0 Å². The van der Waals surface area contributed by atoms with Gasteiger partial charge in [-0.25, -0.2) is 4.79 Å². The lowest BCUT2D eigenvalue weighted by Gasteiger charge is -2.41. The molecule has 1 aromatic heterocycles. The molecule has 1 aromatic rings. The Hall–Kier alpha value is -2.85. The highest BCUT2D eigenvalue weighted by atomic mass is 16.6. The first kappa shape index (κ1) is 30.7. The number of ether oxygens (including phenoxy) is 3. The van der Waals surface area contributed by atoms with E-state index in [1.54, 1.807) is 0 Å². The second-order valence-electron chi connectivity index (χ2n) is 13.1. The van der Waals surface area contributed by atoms with Gasteiger partial charge in [-0.2, -0.15) is 4.99 Å². The van der Waals surface area contributed by atoms with Gasteiger partial charge in [0.15, 0.2) is 6.10 Å². The zero-order valence-corrected chi connectivity index (χ0v) is 25.6. The first-order chi connectivity index (χ1) is 18.2. The number of aliphatic imine (C=N–C) groups is 1. The van der Waals surface area contributed by atoms with E-state index in [4.69, 9.17) is 19.2 Å². The maximum Gasteiger partial charge on any atom is 0.340 e. The number of pyridine rings is 1. The Balaban J connectivity index is 2.15. The Morgan fingerprint density at radius 2 is 1.85 bits per heavy atom. The SMILES string of the molecule is Cc1ncc(C2C#CN=C(OCC(C)C)C=C2)c(N2CCC(C)(C)CC2)c1[C@H](OC(C)(C)C)C(=O)OC(C)C. The molecule has 3 rings (SSSR count). The predicted octanol–water partition coefficient (Wildman–Crippen LogP) is 6.51. The summed E-state index contributed by atoms with van der Waals surface area (Å²) in [7, 11) is 0. The monoisotopic (exact) mass is 537 g/mol. The largest absolute Gasteiger partial charge is 0.477 e. The Morgan fingerprint density at radius 1 is 1.18 bits per heavy atom. The third-order valence-corrected chi connectivity index (χ3v) is 6.77. The van der Waals surface area contributed by atoms with Crippen molar-refractivity contribution in [1.82, 2.24) is 4.98 Å². The molecule has 0 amide bonds. The van der Waals surface area contributed by atoms with Crippen molar-refractivity contribution >= 4 is 17.6 Å². The highest BCUT2D eigenvalue weighted by Crippen LogP contribution is 2.42. The van der Waals surface area contributed by atoms with Gasteiger partial charge in [-0.3, -0.25) is 4.98 Å². The quantitative estimate of drug-likeness (QED) is 0.278. The van der Waals surface area contributed by atoms with Gasteiger partial charge < -0.3 is 19.1 Å². The summed E-state index contributed by atoms with van der Waals surface area (Å²) in [5.74, 6) is 3.49. The molecular weight excluding hydrogens is 490 g/mol. The fourth-order valence-corrected chi connectivity index (χ4v) is 4.66. The molecule has 2 aliphatic heterocycles. The van der Waals surface area contributed by atoms with Gasteiger partial charge >= 0.3 is 5.97 Å². The molecule has 1 unspecified atom stereocenters. The lowest BCUT2D eigenvalue weighted by molar-refractivity contribution is -0.171. The van der Waals surface area contributed by atoms with E-state index in [2.05, 4.69) is 49.6 Å². The van der Waals surface area contributed by atoms with Crippen LogP contribution in [0, 0.1) is 30.2 Å². The maximum atomic E-state index is 13.6. The minimum absolute atomic E-state index is 0.259. The van der Waals surface area contributed by atoms with Crippen molar-refractivity contribution in [3.63, 3.8) is 0 Å². The first-order valence-corrected chi connectivity index (χ1v) is 14.2. The van der Waals surface area contributed by atoms with E-state index in [1.165, 1.54) is 0 Å². The Kier molecular flexibility index (Phi) is 9.88. The highest BCUT2D eigenvalue weighted by molar-refractivity contribution is 5.89. The molecule has 3 heterocycles. The summed E-state index contributed by atoms with van der Waals surface area (Å²) in [6.07, 6.45) is 6.66. The minimum Gasteiger partial charge on any atom is -0.477 e. The number of carbonyl (C=O) groups is 1. The van der Waals surface area contributed by atoms with Crippen molar-refractivity contribution in [1.29, 1.82) is 0 Å². The number of rotatable bonds is 8. The number of piperidine rings is 1. The third-order valence-electron chi connectivity index (χ3n) is 6.77. The van der Waals surface area contributed by atoms with Crippen LogP contribution in [0.1, 0.15) is 104 Å². The van der Waals surface area contributed by atoms with Gasteiger partial charge in [0, 0.05) is 42.2 Å². The molecule has 0 saturated carbocycles. The van der Waals surface area contributed by atoms with Crippen LogP contribution >= 0.6 is 0 Å². The molecule has 0 aromatic carbocycles. The second kappa shape index (κ2) is 12.6. The summed E-state index contributed by atoms with van der Waals surface area (Å²) in [6, 6.07) is 2.94. The maximum absolute atomic E-state index is 13.6. The van der Waals surface area contributed by atoms with Crippen molar-refractivity contribution < 1.29 is 19.0 Å². The molecule has 0 spiro atoms. The molecule has 0 aliphatic carbocycles. The molecule has 39 heavy (non-hydrogen) atoms. The van der Waals surface area contributed by atoms with Crippen molar-refractivity contribution in [2.45, 2.75) is 106 Å². The summed E-state index contributed by atoms with van der Waals surface area (Å²) in [6.45, 7) is 22.6. The summed E-state index contributed by atoms with van der Waals surface area (Å²) >= 11 is 0. The number of hydrogen-bond acceptors (Lipinski definition) is 7. The van der Waals surface area contributed by atoms with Crippen molar-refractivity contribution in [2.24, 2.45) is 16.3 Å². The molecule has 0 N–H and O–H groups in total. The second-order valence-corrected chi connectivity index (χ2v) is 13.1. The van der Waals surface area contributed by atoms with Crippen LogP contribution in [0.15, 0.2) is 23.3 Å². The third kappa shape index (κ3) is 8.57. The van der Waals surface area contributed by atoms with Crippen LogP contribution in [0.5, 0.6) is 0 Å². The highest BCUT2D eigenvalue weighted by Gasteiger charge is 2.37. The Morgan fingerprint density at radius 3 is 2.44 bits per heavy atom. The van der Waals surface area contributed by atoms with Gasteiger partial charge in [-0.15, -0.1) is 0 Å². The molecule has 214 valence electrons. The lowest BCUT2D eigenvalue weighted by Crippen LogP contribution is -2.40. The zero-order valence-electron chi connectivity index (χ0n) is 25.6. The fraction of sp³-hybridized carbons (Fsp3) is 0.656. The van der Waals surface area contributed by atoms with E-state index >= 15 is 0 Å². The summed E-state index contributed by atoms with van der Waals surface area (Å²) in [4.78, 5) is 25.0. The van der Waals surface area contributed by atoms with Gasteiger partial charge in [0.05, 0.1) is 29.9 Å². The van der Waals surface area contributed by atoms with Crippen LogP contribution in [0.25, 0.3) is 0 Å². The van der Waals surface area contributed by atoms with Gasteiger partial charge in [0.25, 0.3) is 0 Å². The zero-order chi connectivity index (χ0) is 29.0. The molecule has 0 radical (unpaired) electrons. The molecular formula is C32H47N3O4. The average molecular weight is 538 g/mol. The molecule has 2 atom stereocenters. The average Bonchev–Trinajstić information content (AvgIpc) is 3.06. The summed E-state index contributed by atoms with van der Waals surface area (Å²) in [5, 5.41) is 0. The standard InChI is InChI=1S/C32H47N3O4/c1-21(2)20-37-26-12-11-24(13-16-33-26)25-19-34-23(5)27(28(25)35-17-14-32(9,10)15-18-35)29(39-31(6,7)8)30(36)38-22(3)4/h11-12,19,21-22,24,29H,14-15,17-18,20H2,1-10H3/t24?,29-/m0/s1. The Bertz CT molecular complexity index is 1140. The van der Waals surface area contributed by atoms with Crippen LogP contribution in [0.4, 0.5) is 5.69 Å². The molecule has 0 bridgehead atoms. The van der Waals surface area contributed by atoms with Gasteiger partial charge in [-0.1, -0.05) is 39.7 Å². The van der Waals surface area contributed by atoms with Crippen LogP contribution in [-0.2, 0) is 19.0 Å². The number of carbonyl (C=O) groups excluding carboxylic acids is 1. The van der Waals surface area contributed by atoms with E-state index in [9.17, 15) is 4.79 Å². The number of esters is 1. The number of aromatic nitrogens is 1. The van der Waals surface area contributed by atoms with Gasteiger partial charge in [0.2, 0.25) is 5.90 Å². The number of hydrogen-bond donors (Lipinski definition) is 0. The number of allylic oxidation sites excluding steroid dienone is 1. The lowest BCUT2D eigenvalue weighted by atomic mass is 9.81. The molecule has 7 nitrogen and oxygen atoms in total. The molecule has 2 aliphatic rings. The van der Waals surface area contributed by atoms with E-state index in [-0.39, 0.29) is 17.4 Å². The van der Waals surface area contributed by atoms with E-state index in [0.717, 1.165) is 48.4 Å². The van der Waals surface area contributed by atoms with E-state index in [1.807, 2.05) is 59.9 Å². The smallest absolute Gasteiger partial charge is 0.340 e. The van der Waals surface area contributed by atoms with Crippen molar-refractivity contribution in [3.05, 3.63) is 35.2 Å². The van der Waals surface area contributed by atoms with Gasteiger partial charge in [0.1, 0.15) is 0 Å². The van der Waals surface area contributed by atoms with E-state index in [0.29, 0.717) is 18.4 Å². The predicted molar refractivity (Wildman–Crippen MR) is 157 cm³/mol. The fourth-order valence-electron chi connectivity index (χ4n) is 4.66. The summed E-state index contributed by atoms with van der Waals surface area (Å²) in [5.41, 5.74) is 3.07. The van der Waals surface area contributed by atoms with E-state index < -0.39 is 17.7 Å².